The molecule has 7 nitrogen and oxygen atoms in total. The molecule has 150 valence electrons. The van der Waals surface area contributed by atoms with Crippen molar-refractivity contribution >= 4 is 23.3 Å². The van der Waals surface area contributed by atoms with E-state index in [0.29, 0.717) is 28.4 Å². The summed E-state index contributed by atoms with van der Waals surface area (Å²) in [6.07, 6.45) is 4.47. The zero-order valence-corrected chi connectivity index (χ0v) is 16.7. The molecule has 1 fully saturated rings. The minimum Gasteiger partial charge on any atom is -0.360 e. The largest absolute Gasteiger partial charge is 0.360 e. The van der Waals surface area contributed by atoms with Gasteiger partial charge < -0.3 is 20.1 Å². The number of carbonyl (C=O) groups excluding carboxylic acids is 2. The summed E-state index contributed by atoms with van der Waals surface area (Å²) in [5.41, 5.74) is 2.40. The SMILES string of the molecule is Cc1noc(C(C)C)c1C(=O)Nc1ccc(NC(=O)N2CCCCCC2)cc1. The molecule has 0 aliphatic carbocycles. The first kappa shape index (κ1) is 19.9. The Balaban J connectivity index is 1.62. The fraction of sp³-hybridized carbons (Fsp3) is 0.476. The van der Waals surface area contributed by atoms with Crippen molar-refractivity contribution in [3.63, 3.8) is 0 Å². The molecule has 1 aromatic carbocycles. The summed E-state index contributed by atoms with van der Waals surface area (Å²) in [5, 5.41) is 9.71. The van der Waals surface area contributed by atoms with Crippen LogP contribution >= 0.6 is 0 Å². The summed E-state index contributed by atoms with van der Waals surface area (Å²) < 4.78 is 5.28. The van der Waals surface area contributed by atoms with E-state index in [9.17, 15) is 9.59 Å². The number of urea groups is 1. The number of anilines is 2. The first-order valence-corrected chi connectivity index (χ1v) is 9.89. The van der Waals surface area contributed by atoms with E-state index in [1.807, 2.05) is 18.7 Å². The van der Waals surface area contributed by atoms with Crippen molar-refractivity contribution in [3.05, 3.63) is 41.3 Å². The van der Waals surface area contributed by atoms with Crippen LogP contribution in [-0.2, 0) is 0 Å². The van der Waals surface area contributed by atoms with Gasteiger partial charge in [0.2, 0.25) is 0 Å². The van der Waals surface area contributed by atoms with Gasteiger partial charge in [0.05, 0.1) is 5.69 Å². The molecule has 28 heavy (non-hydrogen) atoms. The second kappa shape index (κ2) is 8.91. The van der Waals surface area contributed by atoms with E-state index in [4.69, 9.17) is 4.52 Å². The lowest BCUT2D eigenvalue weighted by molar-refractivity contribution is 0.102. The zero-order chi connectivity index (χ0) is 20.1. The summed E-state index contributed by atoms with van der Waals surface area (Å²) in [6.45, 7) is 7.27. The number of aromatic nitrogens is 1. The van der Waals surface area contributed by atoms with Gasteiger partial charge in [-0.2, -0.15) is 0 Å². The highest BCUT2D eigenvalue weighted by molar-refractivity contribution is 6.06. The van der Waals surface area contributed by atoms with Crippen LogP contribution in [0.25, 0.3) is 0 Å². The normalized spacial score (nSPS) is 14.6. The molecule has 7 heteroatoms. The van der Waals surface area contributed by atoms with Gasteiger partial charge in [0.1, 0.15) is 5.56 Å². The highest BCUT2D eigenvalue weighted by atomic mass is 16.5. The molecule has 2 aromatic rings. The average molecular weight is 384 g/mol. The third-order valence-corrected chi connectivity index (χ3v) is 4.93. The van der Waals surface area contributed by atoms with Crippen molar-refractivity contribution in [2.24, 2.45) is 0 Å². The summed E-state index contributed by atoms with van der Waals surface area (Å²) in [5.74, 6) is 0.402. The maximum absolute atomic E-state index is 12.6. The van der Waals surface area contributed by atoms with Crippen LogP contribution in [0, 0.1) is 6.92 Å². The molecule has 0 radical (unpaired) electrons. The minimum absolute atomic E-state index is 0.0681. The van der Waals surface area contributed by atoms with Crippen molar-refractivity contribution in [3.8, 4) is 0 Å². The Morgan fingerprint density at radius 3 is 2.14 bits per heavy atom. The second-order valence-electron chi connectivity index (χ2n) is 7.52. The quantitative estimate of drug-likeness (QED) is 0.795. The summed E-state index contributed by atoms with van der Waals surface area (Å²) in [4.78, 5) is 26.9. The van der Waals surface area contributed by atoms with E-state index in [1.54, 1.807) is 31.2 Å². The predicted molar refractivity (Wildman–Crippen MR) is 109 cm³/mol. The molecule has 2 heterocycles. The number of hydrogen-bond donors (Lipinski definition) is 2. The molecular formula is C21H28N4O3. The molecular weight excluding hydrogens is 356 g/mol. The smallest absolute Gasteiger partial charge is 0.321 e. The Hall–Kier alpha value is -2.83. The second-order valence-corrected chi connectivity index (χ2v) is 7.52. The van der Waals surface area contributed by atoms with Crippen LogP contribution in [0.5, 0.6) is 0 Å². The molecule has 2 N–H and O–H groups in total. The van der Waals surface area contributed by atoms with E-state index in [-0.39, 0.29) is 17.9 Å². The third kappa shape index (κ3) is 4.71. The maximum atomic E-state index is 12.6. The third-order valence-electron chi connectivity index (χ3n) is 4.93. The van der Waals surface area contributed by atoms with Crippen LogP contribution in [0.4, 0.5) is 16.2 Å². The first-order chi connectivity index (χ1) is 13.5. The fourth-order valence-electron chi connectivity index (χ4n) is 3.36. The van der Waals surface area contributed by atoms with Gasteiger partial charge in [0.15, 0.2) is 5.76 Å². The van der Waals surface area contributed by atoms with Gasteiger partial charge in [-0.25, -0.2) is 4.79 Å². The number of nitrogens with one attached hydrogen (secondary N) is 2. The molecule has 0 saturated carbocycles. The number of likely N-dealkylation sites (tertiary alicyclic amines) is 1. The monoisotopic (exact) mass is 384 g/mol. The topological polar surface area (TPSA) is 87.5 Å². The van der Waals surface area contributed by atoms with E-state index < -0.39 is 0 Å². The van der Waals surface area contributed by atoms with Crippen LogP contribution in [0.15, 0.2) is 28.8 Å². The molecule has 0 unspecified atom stereocenters. The lowest BCUT2D eigenvalue weighted by atomic mass is 10.0. The molecule has 1 saturated heterocycles. The number of aryl methyl sites for hydroxylation is 1. The number of carbonyl (C=O) groups is 2. The summed E-state index contributed by atoms with van der Waals surface area (Å²) >= 11 is 0. The van der Waals surface area contributed by atoms with Gasteiger partial charge in [0, 0.05) is 30.4 Å². The van der Waals surface area contributed by atoms with Crippen molar-refractivity contribution in [1.82, 2.24) is 10.1 Å². The minimum atomic E-state index is -0.246. The number of benzene rings is 1. The maximum Gasteiger partial charge on any atom is 0.321 e. The van der Waals surface area contributed by atoms with E-state index in [0.717, 1.165) is 25.9 Å². The van der Waals surface area contributed by atoms with Gasteiger partial charge in [-0.3, -0.25) is 4.79 Å². The Kier molecular flexibility index (Phi) is 6.34. The molecule has 0 bridgehead atoms. The molecule has 1 aromatic heterocycles. The van der Waals surface area contributed by atoms with Crippen molar-refractivity contribution in [2.75, 3.05) is 23.7 Å². The van der Waals surface area contributed by atoms with Crippen LogP contribution in [0.2, 0.25) is 0 Å². The Bertz CT molecular complexity index is 819. The molecule has 0 spiro atoms. The molecule has 3 amide bonds. The lowest BCUT2D eigenvalue weighted by Crippen LogP contribution is -2.35. The molecule has 1 aliphatic rings. The van der Waals surface area contributed by atoms with Gasteiger partial charge in [0.25, 0.3) is 5.91 Å². The molecule has 3 rings (SSSR count). The van der Waals surface area contributed by atoms with Crippen LogP contribution < -0.4 is 10.6 Å². The first-order valence-electron chi connectivity index (χ1n) is 9.89. The van der Waals surface area contributed by atoms with Crippen molar-refractivity contribution in [2.45, 2.75) is 52.4 Å². The van der Waals surface area contributed by atoms with Gasteiger partial charge in [-0.05, 0) is 44.0 Å². The lowest BCUT2D eigenvalue weighted by Gasteiger charge is -2.20. The number of hydrogen-bond acceptors (Lipinski definition) is 4. The fourth-order valence-corrected chi connectivity index (χ4v) is 3.36. The van der Waals surface area contributed by atoms with Crippen molar-refractivity contribution < 1.29 is 14.1 Å². The van der Waals surface area contributed by atoms with E-state index >= 15 is 0 Å². The number of amides is 3. The van der Waals surface area contributed by atoms with Gasteiger partial charge in [-0.1, -0.05) is 31.8 Å². The Morgan fingerprint density at radius 2 is 1.57 bits per heavy atom. The average Bonchev–Trinajstić information content (AvgIpc) is 2.88. The van der Waals surface area contributed by atoms with Crippen LogP contribution in [0.3, 0.4) is 0 Å². The van der Waals surface area contributed by atoms with Crippen LogP contribution in [-0.4, -0.2) is 35.1 Å². The number of rotatable bonds is 4. The standard InChI is InChI=1S/C21H28N4O3/c1-14(2)19-18(15(3)24-28-19)20(26)22-16-8-10-17(11-9-16)23-21(27)25-12-6-4-5-7-13-25/h8-11,14H,4-7,12-13H2,1-3H3,(H,22,26)(H,23,27). The Morgan fingerprint density at radius 1 is 1.00 bits per heavy atom. The van der Waals surface area contributed by atoms with Gasteiger partial charge >= 0.3 is 6.03 Å². The predicted octanol–water partition coefficient (Wildman–Crippen LogP) is 4.77. The number of nitrogens with zero attached hydrogens (tertiary/aromatic N) is 2. The summed E-state index contributed by atoms with van der Waals surface area (Å²) in [7, 11) is 0. The zero-order valence-electron chi connectivity index (χ0n) is 16.7. The van der Waals surface area contributed by atoms with E-state index in [2.05, 4.69) is 15.8 Å². The van der Waals surface area contributed by atoms with Gasteiger partial charge in [-0.15, -0.1) is 0 Å². The molecule has 1 aliphatic heterocycles. The highest BCUT2D eigenvalue weighted by Gasteiger charge is 2.22. The Labute approximate surface area is 165 Å². The molecule has 0 atom stereocenters. The van der Waals surface area contributed by atoms with Crippen molar-refractivity contribution in [1.29, 1.82) is 0 Å². The highest BCUT2D eigenvalue weighted by Crippen LogP contribution is 2.24. The van der Waals surface area contributed by atoms with E-state index in [1.165, 1.54) is 12.8 Å². The summed E-state index contributed by atoms with van der Waals surface area (Å²) in [6, 6.07) is 7.05. The van der Waals surface area contributed by atoms with Crippen LogP contribution in [0.1, 0.15) is 67.3 Å².